The standard InChI is InChI=1S/C15H14ClN3O/c16-12-6-7-17-9-14(12)19-15(20)11-5-8-18-13-4-2-1-3-10(11)13/h1-4,6-7,9,11,18H,5,8H2,(H,19,20). The minimum absolute atomic E-state index is 0.0474. The van der Waals surface area contributed by atoms with Crippen LogP contribution in [0.3, 0.4) is 0 Å². The van der Waals surface area contributed by atoms with Gasteiger partial charge in [-0.25, -0.2) is 0 Å². The molecule has 4 nitrogen and oxygen atoms in total. The summed E-state index contributed by atoms with van der Waals surface area (Å²) in [5.41, 5.74) is 2.60. The molecule has 1 atom stereocenters. The van der Waals surface area contributed by atoms with E-state index in [9.17, 15) is 4.79 Å². The van der Waals surface area contributed by atoms with Gasteiger partial charge in [0, 0.05) is 18.4 Å². The van der Waals surface area contributed by atoms with Crippen LogP contribution in [-0.4, -0.2) is 17.4 Å². The zero-order valence-electron chi connectivity index (χ0n) is 10.8. The number of hydrogen-bond donors (Lipinski definition) is 2. The summed E-state index contributed by atoms with van der Waals surface area (Å²) >= 11 is 6.04. The molecule has 0 aliphatic carbocycles. The molecule has 1 amide bonds. The fourth-order valence-corrected chi connectivity index (χ4v) is 2.58. The van der Waals surface area contributed by atoms with Gasteiger partial charge in [-0.05, 0) is 24.1 Å². The van der Waals surface area contributed by atoms with Crippen LogP contribution < -0.4 is 10.6 Å². The summed E-state index contributed by atoms with van der Waals surface area (Å²) in [6, 6.07) is 9.54. The Morgan fingerprint density at radius 1 is 1.35 bits per heavy atom. The van der Waals surface area contributed by atoms with E-state index in [-0.39, 0.29) is 11.8 Å². The number of amides is 1. The van der Waals surface area contributed by atoms with Crippen LogP contribution in [0.2, 0.25) is 5.02 Å². The highest BCUT2D eigenvalue weighted by Gasteiger charge is 2.26. The minimum Gasteiger partial charge on any atom is -0.385 e. The Morgan fingerprint density at radius 3 is 3.05 bits per heavy atom. The molecule has 1 aromatic carbocycles. The van der Waals surface area contributed by atoms with E-state index in [0.29, 0.717) is 10.7 Å². The van der Waals surface area contributed by atoms with E-state index in [0.717, 1.165) is 24.2 Å². The first-order valence-corrected chi connectivity index (χ1v) is 6.86. The second kappa shape index (κ2) is 5.51. The molecule has 2 heterocycles. The van der Waals surface area contributed by atoms with Crippen LogP contribution in [0.4, 0.5) is 11.4 Å². The lowest BCUT2D eigenvalue weighted by Gasteiger charge is -2.25. The van der Waals surface area contributed by atoms with Gasteiger partial charge in [-0.3, -0.25) is 9.78 Å². The Bertz CT molecular complexity index is 645. The molecule has 1 aromatic heterocycles. The SMILES string of the molecule is O=C(Nc1cnccc1Cl)C1CCNc2ccccc21. The van der Waals surface area contributed by atoms with E-state index in [1.54, 1.807) is 18.5 Å². The summed E-state index contributed by atoms with van der Waals surface area (Å²) in [6.07, 6.45) is 3.92. The minimum atomic E-state index is -0.163. The number of fused-ring (bicyclic) bond motifs is 1. The molecule has 2 aromatic rings. The topological polar surface area (TPSA) is 54.0 Å². The molecule has 1 unspecified atom stereocenters. The molecular weight excluding hydrogens is 274 g/mol. The molecule has 2 N–H and O–H groups in total. The van der Waals surface area contributed by atoms with Crippen LogP contribution in [-0.2, 0) is 4.79 Å². The Hall–Kier alpha value is -2.07. The van der Waals surface area contributed by atoms with Gasteiger partial charge in [0.25, 0.3) is 0 Å². The lowest BCUT2D eigenvalue weighted by atomic mass is 9.90. The van der Waals surface area contributed by atoms with Crippen molar-refractivity contribution in [3.05, 3.63) is 53.3 Å². The average molecular weight is 288 g/mol. The van der Waals surface area contributed by atoms with E-state index in [4.69, 9.17) is 11.6 Å². The van der Waals surface area contributed by atoms with Crippen molar-refractivity contribution in [1.29, 1.82) is 0 Å². The summed E-state index contributed by atoms with van der Waals surface area (Å²) in [5.74, 6) is -0.211. The normalized spacial score (nSPS) is 16.9. The van der Waals surface area contributed by atoms with E-state index < -0.39 is 0 Å². The smallest absolute Gasteiger partial charge is 0.232 e. The van der Waals surface area contributed by atoms with Crippen molar-refractivity contribution in [2.75, 3.05) is 17.2 Å². The molecule has 0 saturated heterocycles. The van der Waals surface area contributed by atoms with Gasteiger partial charge in [0.15, 0.2) is 0 Å². The van der Waals surface area contributed by atoms with Gasteiger partial charge in [-0.2, -0.15) is 0 Å². The van der Waals surface area contributed by atoms with Crippen molar-refractivity contribution >= 4 is 28.9 Å². The number of rotatable bonds is 2. The molecule has 3 rings (SSSR count). The quantitative estimate of drug-likeness (QED) is 0.891. The van der Waals surface area contributed by atoms with Gasteiger partial charge in [-0.15, -0.1) is 0 Å². The molecule has 0 radical (unpaired) electrons. The third-order valence-electron chi connectivity index (χ3n) is 3.43. The van der Waals surface area contributed by atoms with Crippen LogP contribution in [0.1, 0.15) is 17.9 Å². The van der Waals surface area contributed by atoms with Gasteiger partial charge in [0.2, 0.25) is 5.91 Å². The maximum Gasteiger partial charge on any atom is 0.232 e. The number of para-hydroxylation sites is 1. The second-order valence-corrected chi connectivity index (χ2v) is 5.11. The number of aromatic nitrogens is 1. The van der Waals surface area contributed by atoms with Gasteiger partial charge in [0.1, 0.15) is 0 Å². The molecule has 0 fully saturated rings. The zero-order chi connectivity index (χ0) is 13.9. The number of nitrogens with zero attached hydrogens (tertiary/aromatic N) is 1. The molecule has 0 spiro atoms. The first-order valence-electron chi connectivity index (χ1n) is 6.49. The fourth-order valence-electron chi connectivity index (χ4n) is 2.43. The second-order valence-electron chi connectivity index (χ2n) is 4.70. The van der Waals surface area contributed by atoms with Crippen molar-refractivity contribution in [3.8, 4) is 0 Å². The van der Waals surface area contributed by atoms with E-state index in [1.807, 2.05) is 24.3 Å². The molecule has 1 aliphatic rings. The number of carbonyl (C=O) groups excluding carboxylic acids is 1. The predicted octanol–water partition coefficient (Wildman–Crippen LogP) is 3.27. The highest BCUT2D eigenvalue weighted by Crippen LogP contribution is 2.32. The zero-order valence-corrected chi connectivity index (χ0v) is 11.5. The number of benzene rings is 1. The van der Waals surface area contributed by atoms with Crippen LogP contribution >= 0.6 is 11.6 Å². The van der Waals surface area contributed by atoms with E-state index in [1.165, 1.54) is 0 Å². The Morgan fingerprint density at radius 2 is 2.20 bits per heavy atom. The molecule has 0 bridgehead atoms. The number of pyridine rings is 1. The number of carbonyl (C=O) groups is 1. The van der Waals surface area contributed by atoms with Crippen LogP contribution in [0, 0.1) is 0 Å². The molecule has 1 aliphatic heterocycles. The van der Waals surface area contributed by atoms with E-state index in [2.05, 4.69) is 15.6 Å². The molecular formula is C15H14ClN3O. The van der Waals surface area contributed by atoms with E-state index >= 15 is 0 Å². The van der Waals surface area contributed by atoms with Crippen molar-refractivity contribution in [2.24, 2.45) is 0 Å². The van der Waals surface area contributed by atoms with Gasteiger partial charge < -0.3 is 10.6 Å². The highest BCUT2D eigenvalue weighted by atomic mass is 35.5. The monoisotopic (exact) mass is 287 g/mol. The van der Waals surface area contributed by atoms with Crippen molar-refractivity contribution in [1.82, 2.24) is 4.98 Å². The Kier molecular flexibility index (Phi) is 3.56. The molecule has 5 heteroatoms. The van der Waals surface area contributed by atoms with Crippen LogP contribution in [0.5, 0.6) is 0 Å². The first-order chi connectivity index (χ1) is 9.75. The number of nitrogens with one attached hydrogen (secondary N) is 2. The number of anilines is 2. The van der Waals surface area contributed by atoms with Crippen LogP contribution in [0.25, 0.3) is 0 Å². The lowest BCUT2D eigenvalue weighted by Crippen LogP contribution is -2.27. The summed E-state index contributed by atoms with van der Waals surface area (Å²) in [7, 11) is 0. The summed E-state index contributed by atoms with van der Waals surface area (Å²) < 4.78 is 0. The third-order valence-corrected chi connectivity index (χ3v) is 3.76. The molecule has 0 saturated carbocycles. The van der Waals surface area contributed by atoms with Crippen LogP contribution in [0.15, 0.2) is 42.7 Å². The molecule has 102 valence electrons. The summed E-state index contributed by atoms with van der Waals surface area (Å²) in [5, 5.41) is 6.66. The average Bonchev–Trinajstić information content (AvgIpc) is 2.49. The van der Waals surface area contributed by atoms with Gasteiger partial charge in [-0.1, -0.05) is 29.8 Å². The largest absolute Gasteiger partial charge is 0.385 e. The number of halogens is 1. The Balaban J connectivity index is 1.84. The molecule has 20 heavy (non-hydrogen) atoms. The van der Waals surface area contributed by atoms with Crippen molar-refractivity contribution in [2.45, 2.75) is 12.3 Å². The number of hydrogen-bond acceptors (Lipinski definition) is 3. The van der Waals surface area contributed by atoms with Crippen molar-refractivity contribution in [3.63, 3.8) is 0 Å². The summed E-state index contributed by atoms with van der Waals surface area (Å²) in [6.45, 7) is 0.788. The van der Waals surface area contributed by atoms with Crippen molar-refractivity contribution < 1.29 is 4.79 Å². The lowest BCUT2D eigenvalue weighted by molar-refractivity contribution is -0.117. The predicted molar refractivity (Wildman–Crippen MR) is 80.2 cm³/mol. The fraction of sp³-hybridized carbons (Fsp3) is 0.200. The summed E-state index contributed by atoms with van der Waals surface area (Å²) in [4.78, 5) is 16.4. The Labute approximate surface area is 122 Å². The maximum atomic E-state index is 12.5. The van der Waals surface area contributed by atoms with Gasteiger partial charge >= 0.3 is 0 Å². The maximum absolute atomic E-state index is 12.5. The highest BCUT2D eigenvalue weighted by molar-refractivity contribution is 6.33. The first kappa shape index (κ1) is 12.9. The third kappa shape index (κ3) is 2.47. The van der Waals surface area contributed by atoms with Gasteiger partial charge in [0.05, 0.1) is 22.8 Å².